The molecule has 0 saturated carbocycles. The number of aromatic nitrogens is 2. The first kappa shape index (κ1) is 17.9. The van der Waals surface area contributed by atoms with E-state index < -0.39 is 0 Å². The maximum absolute atomic E-state index is 12.9. The zero-order chi connectivity index (χ0) is 19.5. The van der Waals surface area contributed by atoms with E-state index in [4.69, 9.17) is 0 Å². The Morgan fingerprint density at radius 3 is 2.61 bits per heavy atom. The number of fused-ring (bicyclic) bond motifs is 2. The number of aryl methyl sites for hydroxylation is 2. The highest BCUT2D eigenvalue weighted by atomic mass is 16.1. The van der Waals surface area contributed by atoms with Crippen molar-refractivity contribution in [1.29, 1.82) is 0 Å². The van der Waals surface area contributed by atoms with Gasteiger partial charge in [0.1, 0.15) is 5.82 Å². The minimum Gasteiger partial charge on any atom is -0.340 e. The van der Waals surface area contributed by atoms with Gasteiger partial charge >= 0.3 is 0 Å². The summed E-state index contributed by atoms with van der Waals surface area (Å²) in [7, 11) is 0. The van der Waals surface area contributed by atoms with E-state index in [1.165, 1.54) is 0 Å². The van der Waals surface area contributed by atoms with Crippen LogP contribution in [-0.2, 0) is 11.3 Å². The second-order valence-electron chi connectivity index (χ2n) is 6.89. The number of hydrogen-bond donors (Lipinski definition) is 1. The third-order valence-corrected chi connectivity index (χ3v) is 4.84. The summed E-state index contributed by atoms with van der Waals surface area (Å²) in [6.45, 7) is 2.64. The Hall–Kier alpha value is -3.47. The van der Waals surface area contributed by atoms with Crippen molar-refractivity contribution >= 4 is 33.5 Å². The van der Waals surface area contributed by atoms with Crippen LogP contribution in [0.15, 0.2) is 71.7 Å². The summed E-state index contributed by atoms with van der Waals surface area (Å²) in [5, 5.41) is 4.24. The molecule has 28 heavy (non-hydrogen) atoms. The minimum atomic E-state index is -0.0656. The summed E-state index contributed by atoms with van der Waals surface area (Å²) in [6, 6.07) is 19.0. The Labute approximate surface area is 162 Å². The zero-order valence-electron chi connectivity index (χ0n) is 15.7. The molecule has 1 amide bonds. The molecule has 2 aromatic carbocycles. The number of benzene rings is 2. The van der Waals surface area contributed by atoms with E-state index in [1.54, 1.807) is 12.3 Å². The summed E-state index contributed by atoms with van der Waals surface area (Å²) in [5.74, 6) is 0.492. The lowest BCUT2D eigenvalue weighted by molar-refractivity contribution is -0.116. The maximum Gasteiger partial charge on any atom is 0.225 e. The van der Waals surface area contributed by atoms with Gasteiger partial charge in [-0.15, -0.1) is 0 Å². The fourth-order valence-electron chi connectivity index (χ4n) is 3.52. The number of rotatable bonds is 5. The molecule has 4 rings (SSSR count). The average molecular weight is 371 g/mol. The average Bonchev–Trinajstić information content (AvgIpc) is 2.71. The number of pyridine rings is 2. The van der Waals surface area contributed by atoms with Gasteiger partial charge in [0.15, 0.2) is 5.43 Å². The Kier molecular flexibility index (Phi) is 4.89. The van der Waals surface area contributed by atoms with Crippen LogP contribution in [0.5, 0.6) is 0 Å². The number of nitrogens with zero attached hydrogens (tertiary/aromatic N) is 2. The second-order valence-corrected chi connectivity index (χ2v) is 6.89. The van der Waals surface area contributed by atoms with Crippen LogP contribution in [0.4, 0.5) is 5.82 Å². The SMILES string of the molecule is Cc1ccc2c(c1)c(=O)c1ccccc1n2CCCC(=O)Nc1ccccn1. The molecule has 0 aliphatic carbocycles. The highest BCUT2D eigenvalue weighted by Crippen LogP contribution is 2.21. The highest BCUT2D eigenvalue weighted by Gasteiger charge is 2.11. The number of amides is 1. The summed E-state index contributed by atoms with van der Waals surface area (Å²) in [6.07, 6.45) is 2.69. The summed E-state index contributed by atoms with van der Waals surface area (Å²) in [5.41, 5.74) is 2.91. The van der Waals surface area contributed by atoms with E-state index in [1.807, 2.05) is 61.5 Å². The third-order valence-electron chi connectivity index (χ3n) is 4.84. The fraction of sp³-hybridized carbons (Fsp3) is 0.174. The first-order valence-corrected chi connectivity index (χ1v) is 9.36. The molecule has 2 aromatic heterocycles. The standard InChI is InChI=1S/C23H21N3O2/c1-16-11-12-20-18(15-16)23(28)17-7-2-3-8-19(17)26(20)14-6-10-22(27)25-21-9-4-5-13-24-21/h2-5,7-9,11-13,15H,6,10,14H2,1H3,(H,24,25,27). The molecule has 0 spiro atoms. The molecule has 0 radical (unpaired) electrons. The second kappa shape index (κ2) is 7.64. The van der Waals surface area contributed by atoms with E-state index in [0.29, 0.717) is 30.6 Å². The lowest BCUT2D eigenvalue weighted by Crippen LogP contribution is -2.15. The quantitative estimate of drug-likeness (QED) is 0.533. The van der Waals surface area contributed by atoms with Crippen LogP contribution in [0.3, 0.4) is 0 Å². The van der Waals surface area contributed by atoms with Gasteiger partial charge in [-0.05, 0) is 49.7 Å². The van der Waals surface area contributed by atoms with E-state index in [9.17, 15) is 9.59 Å². The van der Waals surface area contributed by atoms with Crippen LogP contribution in [0.1, 0.15) is 18.4 Å². The normalized spacial score (nSPS) is 11.0. The topological polar surface area (TPSA) is 64.0 Å². The van der Waals surface area contributed by atoms with Crippen LogP contribution < -0.4 is 10.7 Å². The summed E-state index contributed by atoms with van der Waals surface area (Å²) >= 11 is 0. The predicted molar refractivity (Wildman–Crippen MR) is 113 cm³/mol. The predicted octanol–water partition coefficient (Wildman–Crippen LogP) is 4.28. The van der Waals surface area contributed by atoms with E-state index in [2.05, 4.69) is 14.9 Å². The Bertz CT molecular complexity index is 1210. The third kappa shape index (κ3) is 3.51. The Balaban J connectivity index is 1.61. The zero-order valence-corrected chi connectivity index (χ0v) is 15.7. The van der Waals surface area contributed by atoms with Crippen LogP contribution in [0.2, 0.25) is 0 Å². The Morgan fingerprint density at radius 2 is 1.79 bits per heavy atom. The van der Waals surface area contributed by atoms with Crippen molar-refractivity contribution in [2.24, 2.45) is 0 Å². The molecule has 0 bridgehead atoms. The molecule has 1 N–H and O–H groups in total. The molecule has 0 saturated heterocycles. The molecule has 0 fully saturated rings. The van der Waals surface area contributed by atoms with Crippen LogP contribution in [0, 0.1) is 6.92 Å². The monoisotopic (exact) mass is 371 g/mol. The number of hydrogen-bond acceptors (Lipinski definition) is 3. The van der Waals surface area contributed by atoms with Crippen molar-refractivity contribution in [1.82, 2.24) is 9.55 Å². The van der Waals surface area contributed by atoms with Gasteiger partial charge in [-0.1, -0.05) is 29.8 Å². The van der Waals surface area contributed by atoms with Crippen molar-refractivity contribution < 1.29 is 4.79 Å². The first-order valence-electron chi connectivity index (χ1n) is 9.36. The molecule has 4 aromatic rings. The molecule has 140 valence electrons. The van der Waals surface area contributed by atoms with Crippen LogP contribution in [-0.4, -0.2) is 15.5 Å². The van der Waals surface area contributed by atoms with Crippen LogP contribution >= 0.6 is 0 Å². The van der Waals surface area contributed by atoms with Gasteiger partial charge in [0, 0.05) is 29.9 Å². The van der Waals surface area contributed by atoms with Gasteiger partial charge in [0.2, 0.25) is 5.91 Å². The van der Waals surface area contributed by atoms with Crippen LogP contribution in [0.25, 0.3) is 21.8 Å². The van der Waals surface area contributed by atoms with Crippen molar-refractivity contribution in [3.63, 3.8) is 0 Å². The van der Waals surface area contributed by atoms with Gasteiger partial charge in [0.25, 0.3) is 0 Å². The number of anilines is 1. The van der Waals surface area contributed by atoms with Crippen molar-refractivity contribution in [2.75, 3.05) is 5.32 Å². The molecule has 2 heterocycles. The molecule has 0 atom stereocenters. The molecule has 0 unspecified atom stereocenters. The van der Waals surface area contributed by atoms with Gasteiger partial charge in [0.05, 0.1) is 11.0 Å². The highest BCUT2D eigenvalue weighted by molar-refractivity contribution is 5.94. The maximum atomic E-state index is 12.9. The lowest BCUT2D eigenvalue weighted by atomic mass is 10.1. The molecule has 0 aliphatic heterocycles. The van der Waals surface area contributed by atoms with Gasteiger partial charge < -0.3 is 9.88 Å². The number of nitrogens with one attached hydrogen (secondary N) is 1. The number of carbonyl (C=O) groups excluding carboxylic acids is 1. The first-order chi connectivity index (χ1) is 13.6. The number of para-hydroxylation sites is 1. The largest absolute Gasteiger partial charge is 0.340 e. The fourth-order valence-corrected chi connectivity index (χ4v) is 3.52. The molecular weight excluding hydrogens is 350 g/mol. The molecule has 0 aliphatic rings. The van der Waals surface area contributed by atoms with Crippen molar-refractivity contribution in [2.45, 2.75) is 26.3 Å². The number of carbonyl (C=O) groups is 1. The summed E-state index contributed by atoms with van der Waals surface area (Å²) < 4.78 is 2.14. The smallest absolute Gasteiger partial charge is 0.225 e. The van der Waals surface area contributed by atoms with Gasteiger partial charge in [-0.2, -0.15) is 0 Å². The van der Waals surface area contributed by atoms with E-state index in [-0.39, 0.29) is 11.3 Å². The van der Waals surface area contributed by atoms with Gasteiger partial charge in [-0.25, -0.2) is 4.98 Å². The summed E-state index contributed by atoms with van der Waals surface area (Å²) in [4.78, 5) is 29.2. The van der Waals surface area contributed by atoms with E-state index in [0.717, 1.165) is 22.0 Å². The molecular formula is C23H21N3O2. The van der Waals surface area contributed by atoms with E-state index >= 15 is 0 Å². The lowest BCUT2D eigenvalue weighted by Gasteiger charge is -2.15. The van der Waals surface area contributed by atoms with Crippen molar-refractivity contribution in [3.05, 3.63) is 82.6 Å². The molecule has 5 heteroatoms. The molecule has 5 nitrogen and oxygen atoms in total. The Morgan fingerprint density at radius 1 is 1.00 bits per heavy atom. The van der Waals surface area contributed by atoms with Crippen molar-refractivity contribution in [3.8, 4) is 0 Å². The minimum absolute atomic E-state index is 0.0541. The van der Waals surface area contributed by atoms with Gasteiger partial charge in [-0.3, -0.25) is 9.59 Å².